The molecule has 0 spiro atoms. The maximum Gasteiger partial charge on any atom is 0.182 e. The Morgan fingerprint density at radius 1 is 1.46 bits per heavy atom. The molecule has 1 saturated carbocycles. The van der Waals surface area contributed by atoms with Crippen LogP contribution in [0.4, 0.5) is 4.39 Å². The van der Waals surface area contributed by atoms with Gasteiger partial charge in [0, 0.05) is 0 Å². The Labute approximate surface area is 75.6 Å². The van der Waals surface area contributed by atoms with Gasteiger partial charge in [-0.3, -0.25) is 0 Å². The molecule has 2 rings (SSSR count). The second-order valence-corrected chi connectivity index (χ2v) is 3.05. The number of hydrogen-bond donors (Lipinski definition) is 0. The SMILES string of the molecule is N#Cc1cccc(OC2CC2)c1F. The molecule has 1 aromatic rings. The molecule has 1 fully saturated rings. The Bertz CT molecular complexity index is 366. The van der Waals surface area contributed by atoms with E-state index in [0.29, 0.717) is 0 Å². The van der Waals surface area contributed by atoms with Crippen LogP contribution in [0.1, 0.15) is 18.4 Å². The van der Waals surface area contributed by atoms with Crippen LogP contribution >= 0.6 is 0 Å². The van der Waals surface area contributed by atoms with E-state index in [0.717, 1.165) is 12.8 Å². The normalized spacial score (nSPS) is 15.1. The molecule has 0 atom stereocenters. The molecular weight excluding hydrogens is 169 g/mol. The van der Waals surface area contributed by atoms with Crippen molar-refractivity contribution < 1.29 is 9.13 Å². The van der Waals surface area contributed by atoms with Crippen molar-refractivity contribution in [2.24, 2.45) is 0 Å². The van der Waals surface area contributed by atoms with Crippen LogP contribution < -0.4 is 4.74 Å². The largest absolute Gasteiger partial charge is 0.487 e. The third kappa shape index (κ3) is 1.62. The number of rotatable bonds is 2. The third-order valence-corrected chi connectivity index (χ3v) is 1.90. The summed E-state index contributed by atoms with van der Waals surface area (Å²) in [5, 5.41) is 8.55. The van der Waals surface area contributed by atoms with Gasteiger partial charge in [0.15, 0.2) is 11.6 Å². The van der Waals surface area contributed by atoms with Gasteiger partial charge in [0.25, 0.3) is 0 Å². The van der Waals surface area contributed by atoms with Crippen molar-refractivity contribution in [3.63, 3.8) is 0 Å². The molecular formula is C10H8FNO. The highest BCUT2D eigenvalue weighted by molar-refractivity contribution is 5.38. The monoisotopic (exact) mass is 177 g/mol. The minimum Gasteiger partial charge on any atom is -0.487 e. The number of ether oxygens (including phenoxy) is 1. The van der Waals surface area contributed by atoms with E-state index in [1.807, 2.05) is 0 Å². The van der Waals surface area contributed by atoms with Crippen molar-refractivity contribution in [2.45, 2.75) is 18.9 Å². The second kappa shape index (κ2) is 3.06. The van der Waals surface area contributed by atoms with E-state index in [1.54, 1.807) is 18.2 Å². The third-order valence-electron chi connectivity index (χ3n) is 1.90. The van der Waals surface area contributed by atoms with Crippen molar-refractivity contribution >= 4 is 0 Å². The summed E-state index contributed by atoms with van der Waals surface area (Å²) in [6, 6.07) is 6.39. The number of benzene rings is 1. The zero-order chi connectivity index (χ0) is 9.26. The lowest BCUT2D eigenvalue weighted by Gasteiger charge is -2.05. The fourth-order valence-corrected chi connectivity index (χ4v) is 1.05. The molecule has 0 saturated heterocycles. The fourth-order valence-electron chi connectivity index (χ4n) is 1.05. The Hall–Kier alpha value is -1.56. The molecule has 1 aliphatic rings. The lowest BCUT2D eigenvalue weighted by Crippen LogP contribution is -1.99. The summed E-state index contributed by atoms with van der Waals surface area (Å²) in [6.45, 7) is 0. The molecule has 0 bridgehead atoms. The molecule has 0 heterocycles. The predicted molar refractivity (Wildman–Crippen MR) is 44.8 cm³/mol. The maximum atomic E-state index is 13.3. The number of hydrogen-bond acceptors (Lipinski definition) is 2. The summed E-state index contributed by atoms with van der Waals surface area (Å²) in [5.74, 6) is -0.349. The number of nitriles is 1. The summed E-state index contributed by atoms with van der Waals surface area (Å²) in [7, 11) is 0. The molecule has 0 unspecified atom stereocenters. The van der Waals surface area contributed by atoms with E-state index in [9.17, 15) is 4.39 Å². The van der Waals surface area contributed by atoms with E-state index in [1.165, 1.54) is 6.07 Å². The summed E-state index contributed by atoms with van der Waals surface area (Å²) < 4.78 is 18.6. The summed E-state index contributed by atoms with van der Waals surface area (Å²) in [6.07, 6.45) is 2.12. The van der Waals surface area contributed by atoms with Gasteiger partial charge in [-0.15, -0.1) is 0 Å². The van der Waals surface area contributed by atoms with Crippen LogP contribution in [0, 0.1) is 17.1 Å². The van der Waals surface area contributed by atoms with Crippen LogP contribution in [-0.2, 0) is 0 Å². The molecule has 0 amide bonds. The first kappa shape index (κ1) is 8.06. The van der Waals surface area contributed by atoms with Gasteiger partial charge >= 0.3 is 0 Å². The molecule has 2 nitrogen and oxygen atoms in total. The van der Waals surface area contributed by atoms with Gasteiger partial charge in [0.1, 0.15) is 6.07 Å². The van der Waals surface area contributed by atoms with Gasteiger partial charge in [-0.1, -0.05) is 6.07 Å². The van der Waals surface area contributed by atoms with Gasteiger partial charge in [0.05, 0.1) is 11.7 Å². The molecule has 13 heavy (non-hydrogen) atoms. The minimum atomic E-state index is -0.545. The Kier molecular flexibility index (Phi) is 1.90. The van der Waals surface area contributed by atoms with E-state index >= 15 is 0 Å². The lowest BCUT2D eigenvalue weighted by atomic mass is 10.2. The van der Waals surface area contributed by atoms with Crippen molar-refractivity contribution in [1.82, 2.24) is 0 Å². The number of halogens is 1. The standard InChI is InChI=1S/C10H8FNO/c11-10-7(6-12)2-1-3-9(10)13-8-4-5-8/h1-3,8H,4-5H2. The van der Waals surface area contributed by atoms with E-state index < -0.39 is 5.82 Å². The van der Waals surface area contributed by atoms with Gasteiger partial charge in [0.2, 0.25) is 0 Å². The Morgan fingerprint density at radius 2 is 2.23 bits per heavy atom. The molecule has 1 aromatic carbocycles. The quantitative estimate of drug-likeness (QED) is 0.694. The van der Waals surface area contributed by atoms with Crippen molar-refractivity contribution in [1.29, 1.82) is 5.26 Å². The highest BCUT2D eigenvalue weighted by atomic mass is 19.1. The summed E-state index contributed by atoms with van der Waals surface area (Å²) >= 11 is 0. The van der Waals surface area contributed by atoms with Crippen molar-refractivity contribution in [3.8, 4) is 11.8 Å². The van der Waals surface area contributed by atoms with Gasteiger partial charge in [-0.2, -0.15) is 5.26 Å². The van der Waals surface area contributed by atoms with Gasteiger partial charge in [-0.05, 0) is 25.0 Å². The van der Waals surface area contributed by atoms with Crippen molar-refractivity contribution in [2.75, 3.05) is 0 Å². The van der Waals surface area contributed by atoms with E-state index in [2.05, 4.69) is 0 Å². The van der Waals surface area contributed by atoms with E-state index in [4.69, 9.17) is 10.00 Å². The smallest absolute Gasteiger partial charge is 0.182 e. The topological polar surface area (TPSA) is 33.0 Å². The second-order valence-electron chi connectivity index (χ2n) is 3.05. The zero-order valence-electron chi connectivity index (χ0n) is 6.96. The van der Waals surface area contributed by atoms with Crippen molar-refractivity contribution in [3.05, 3.63) is 29.6 Å². The molecule has 3 heteroatoms. The minimum absolute atomic E-state index is 0.0400. The summed E-state index contributed by atoms with van der Waals surface area (Å²) in [5.41, 5.74) is 0.0400. The van der Waals surface area contributed by atoms with Crippen LogP contribution in [0.3, 0.4) is 0 Å². The molecule has 0 N–H and O–H groups in total. The van der Waals surface area contributed by atoms with Gasteiger partial charge in [-0.25, -0.2) is 4.39 Å². The number of nitrogens with zero attached hydrogens (tertiary/aromatic N) is 1. The molecule has 1 aliphatic carbocycles. The molecule has 0 aliphatic heterocycles. The van der Waals surface area contributed by atoms with Crippen LogP contribution in [0.25, 0.3) is 0 Å². The Morgan fingerprint density at radius 3 is 2.85 bits per heavy atom. The maximum absolute atomic E-state index is 13.3. The highest BCUT2D eigenvalue weighted by Crippen LogP contribution is 2.29. The average Bonchev–Trinajstić information content (AvgIpc) is 2.92. The first-order valence-electron chi connectivity index (χ1n) is 4.16. The highest BCUT2D eigenvalue weighted by Gasteiger charge is 2.25. The average molecular weight is 177 g/mol. The first-order valence-corrected chi connectivity index (χ1v) is 4.16. The fraction of sp³-hybridized carbons (Fsp3) is 0.300. The Balaban J connectivity index is 2.28. The molecule has 0 radical (unpaired) electrons. The first-order chi connectivity index (χ1) is 6.31. The van der Waals surface area contributed by atoms with Crippen LogP contribution in [-0.4, -0.2) is 6.10 Å². The van der Waals surface area contributed by atoms with Gasteiger partial charge < -0.3 is 4.74 Å². The molecule has 66 valence electrons. The van der Waals surface area contributed by atoms with Crippen LogP contribution in [0.2, 0.25) is 0 Å². The zero-order valence-corrected chi connectivity index (χ0v) is 6.96. The van der Waals surface area contributed by atoms with Crippen LogP contribution in [0.5, 0.6) is 5.75 Å². The summed E-state index contributed by atoms with van der Waals surface area (Å²) in [4.78, 5) is 0. The van der Waals surface area contributed by atoms with Crippen LogP contribution in [0.15, 0.2) is 18.2 Å². The van der Waals surface area contributed by atoms with E-state index in [-0.39, 0.29) is 17.4 Å². The molecule has 0 aromatic heterocycles. The predicted octanol–water partition coefficient (Wildman–Crippen LogP) is 2.24. The lowest BCUT2D eigenvalue weighted by molar-refractivity contribution is 0.287.